The van der Waals surface area contributed by atoms with E-state index in [1.54, 1.807) is 6.07 Å². The van der Waals surface area contributed by atoms with Gasteiger partial charge in [0.15, 0.2) is 0 Å². The molecular weight excluding hydrogens is 265 g/mol. The molecule has 2 aromatic heterocycles. The molecule has 0 N–H and O–H groups in total. The maximum Gasteiger partial charge on any atom is 0.431 e. The van der Waals surface area contributed by atoms with Crippen molar-refractivity contribution in [3.8, 4) is 11.3 Å². The topological polar surface area (TPSA) is 17.3 Å². The third-order valence-corrected chi connectivity index (χ3v) is 3.20. The summed E-state index contributed by atoms with van der Waals surface area (Å²) < 4.78 is 40.0. The molecule has 0 saturated carbocycles. The van der Waals surface area contributed by atoms with E-state index in [-0.39, 0.29) is 5.65 Å². The summed E-state index contributed by atoms with van der Waals surface area (Å²) in [6.45, 7) is 1.91. The van der Waals surface area contributed by atoms with Crippen molar-refractivity contribution in [2.75, 3.05) is 0 Å². The third-order valence-electron chi connectivity index (χ3n) is 3.20. The molecule has 0 bridgehead atoms. The summed E-state index contributed by atoms with van der Waals surface area (Å²) in [5, 5.41) is 0. The summed E-state index contributed by atoms with van der Waals surface area (Å²) >= 11 is 0. The quantitative estimate of drug-likeness (QED) is 0.646. The van der Waals surface area contributed by atoms with Crippen LogP contribution in [0.2, 0.25) is 0 Å². The van der Waals surface area contributed by atoms with Crippen LogP contribution in [0.1, 0.15) is 11.3 Å². The average molecular weight is 276 g/mol. The van der Waals surface area contributed by atoms with Gasteiger partial charge >= 0.3 is 6.18 Å². The predicted octanol–water partition coefficient (Wildman–Crippen LogP) is 4.33. The van der Waals surface area contributed by atoms with E-state index in [1.165, 1.54) is 12.3 Å². The second-order valence-electron chi connectivity index (χ2n) is 4.58. The maximum absolute atomic E-state index is 13.0. The van der Waals surface area contributed by atoms with Gasteiger partial charge in [-0.25, -0.2) is 4.98 Å². The van der Waals surface area contributed by atoms with Gasteiger partial charge in [0.05, 0.1) is 5.69 Å². The van der Waals surface area contributed by atoms with Crippen LogP contribution < -0.4 is 0 Å². The van der Waals surface area contributed by atoms with Crippen LogP contribution in [0.25, 0.3) is 16.9 Å². The number of imidazole rings is 1. The number of benzene rings is 1. The monoisotopic (exact) mass is 276 g/mol. The molecule has 2 heterocycles. The van der Waals surface area contributed by atoms with Crippen molar-refractivity contribution in [3.63, 3.8) is 0 Å². The van der Waals surface area contributed by atoms with Gasteiger partial charge in [-0.1, -0.05) is 30.3 Å². The fourth-order valence-corrected chi connectivity index (χ4v) is 2.23. The summed E-state index contributed by atoms with van der Waals surface area (Å²) in [5.74, 6) is 0. The van der Waals surface area contributed by atoms with Gasteiger partial charge in [0, 0.05) is 11.8 Å². The lowest BCUT2D eigenvalue weighted by atomic mass is 10.1. The molecule has 0 fully saturated rings. The van der Waals surface area contributed by atoms with E-state index in [0.717, 1.165) is 21.6 Å². The van der Waals surface area contributed by atoms with E-state index in [4.69, 9.17) is 0 Å². The molecule has 0 unspecified atom stereocenters. The molecule has 0 spiro atoms. The molecule has 0 atom stereocenters. The van der Waals surface area contributed by atoms with Gasteiger partial charge in [0.25, 0.3) is 0 Å². The molecule has 102 valence electrons. The number of hydrogen-bond acceptors (Lipinski definition) is 1. The van der Waals surface area contributed by atoms with Gasteiger partial charge in [-0.3, -0.25) is 4.40 Å². The molecule has 0 aliphatic heterocycles. The van der Waals surface area contributed by atoms with Crippen LogP contribution in [0.3, 0.4) is 0 Å². The number of halogens is 3. The highest BCUT2D eigenvalue weighted by Gasteiger charge is 2.33. The molecular formula is C15H11F3N2. The van der Waals surface area contributed by atoms with Crippen molar-refractivity contribution < 1.29 is 13.2 Å². The summed E-state index contributed by atoms with van der Waals surface area (Å²) in [6, 6.07) is 11.5. The highest BCUT2D eigenvalue weighted by molar-refractivity contribution is 5.66. The lowest BCUT2D eigenvalue weighted by molar-refractivity contribution is -0.142. The number of fused-ring (bicyclic) bond motifs is 1. The summed E-state index contributed by atoms with van der Waals surface area (Å²) in [5.41, 5.74) is 1.93. The van der Waals surface area contributed by atoms with E-state index in [0.29, 0.717) is 5.69 Å². The van der Waals surface area contributed by atoms with Crippen molar-refractivity contribution in [3.05, 3.63) is 59.9 Å². The smallest absolute Gasteiger partial charge is 0.295 e. The molecule has 0 saturated heterocycles. The standard InChI is InChI=1S/C15H11F3N2/c1-10-5-2-3-6-11(10)12-9-20-13(15(16,17)18)7-4-8-14(20)19-12/h2-9H,1H3. The maximum atomic E-state index is 13.0. The molecule has 2 nitrogen and oxygen atoms in total. The van der Waals surface area contributed by atoms with Crippen LogP contribution in [-0.2, 0) is 6.18 Å². The van der Waals surface area contributed by atoms with Crippen LogP contribution in [0.15, 0.2) is 48.7 Å². The van der Waals surface area contributed by atoms with Crippen LogP contribution in [0.5, 0.6) is 0 Å². The molecule has 0 aliphatic rings. The molecule has 0 aliphatic carbocycles. The minimum Gasteiger partial charge on any atom is -0.295 e. The van der Waals surface area contributed by atoms with E-state index in [1.807, 2.05) is 31.2 Å². The SMILES string of the molecule is Cc1ccccc1-c1cn2c(C(F)(F)F)cccc2n1. The highest BCUT2D eigenvalue weighted by atomic mass is 19.4. The number of nitrogens with zero attached hydrogens (tertiary/aromatic N) is 2. The zero-order valence-corrected chi connectivity index (χ0v) is 10.6. The first-order valence-electron chi connectivity index (χ1n) is 6.08. The van der Waals surface area contributed by atoms with E-state index in [9.17, 15) is 13.2 Å². The van der Waals surface area contributed by atoms with Crippen LogP contribution in [-0.4, -0.2) is 9.38 Å². The third kappa shape index (κ3) is 2.05. The van der Waals surface area contributed by atoms with Crippen molar-refractivity contribution in [2.45, 2.75) is 13.1 Å². The van der Waals surface area contributed by atoms with Crippen molar-refractivity contribution in [1.82, 2.24) is 9.38 Å². The van der Waals surface area contributed by atoms with Crippen LogP contribution >= 0.6 is 0 Å². The lowest BCUT2D eigenvalue weighted by Crippen LogP contribution is -2.10. The average Bonchev–Trinajstić information content (AvgIpc) is 2.81. The Kier molecular flexibility index (Phi) is 2.78. The number of pyridine rings is 1. The first-order valence-corrected chi connectivity index (χ1v) is 6.08. The Bertz CT molecular complexity index is 772. The highest BCUT2D eigenvalue weighted by Crippen LogP contribution is 2.31. The van der Waals surface area contributed by atoms with E-state index >= 15 is 0 Å². The van der Waals surface area contributed by atoms with Crippen LogP contribution in [0, 0.1) is 6.92 Å². The zero-order chi connectivity index (χ0) is 14.3. The molecule has 3 rings (SSSR count). The largest absolute Gasteiger partial charge is 0.431 e. The van der Waals surface area contributed by atoms with E-state index < -0.39 is 11.9 Å². The first kappa shape index (κ1) is 12.7. The fourth-order valence-electron chi connectivity index (χ4n) is 2.23. The minimum absolute atomic E-state index is 0.290. The van der Waals surface area contributed by atoms with Crippen LogP contribution in [0.4, 0.5) is 13.2 Å². The molecule has 5 heteroatoms. The van der Waals surface area contributed by atoms with Gasteiger partial charge in [-0.05, 0) is 24.6 Å². The number of alkyl halides is 3. The summed E-state index contributed by atoms with van der Waals surface area (Å²) in [4.78, 5) is 4.28. The Morgan fingerprint density at radius 2 is 1.75 bits per heavy atom. The van der Waals surface area contributed by atoms with Gasteiger partial charge in [0.1, 0.15) is 11.3 Å². The Hall–Kier alpha value is -2.30. The Morgan fingerprint density at radius 3 is 2.45 bits per heavy atom. The fraction of sp³-hybridized carbons (Fsp3) is 0.133. The Labute approximate surface area is 113 Å². The minimum atomic E-state index is -4.40. The van der Waals surface area contributed by atoms with Gasteiger partial charge < -0.3 is 0 Å². The predicted molar refractivity (Wildman–Crippen MR) is 70.4 cm³/mol. The second kappa shape index (κ2) is 4.37. The number of aromatic nitrogens is 2. The molecule has 0 amide bonds. The van der Waals surface area contributed by atoms with Crippen molar-refractivity contribution >= 4 is 5.65 Å². The van der Waals surface area contributed by atoms with Gasteiger partial charge in [-0.2, -0.15) is 13.2 Å². The Balaban J connectivity index is 2.24. The number of rotatable bonds is 1. The second-order valence-corrected chi connectivity index (χ2v) is 4.58. The Morgan fingerprint density at radius 1 is 1.00 bits per heavy atom. The first-order chi connectivity index (χ1) is 9.47. The zero-order valence-electron chi connectivity index (χ0n) is 10.6. The number of hydrogen-bond donors (Lipinski definition) is 0. The number of aryl methyl sites for hydroxylation is 1. The van der Waals surface area contributed by atoms with Gasteiger partial charge in [-0.15, -0.1) is 0 Å². The molecule has 1 aromatic carbocycles. The summed E-state index contributed by atoms with van der Waals surface area (Å²) in [7, 11) is 0. The van der Waals surface area contributed by atoms with Crippen molar-refractivity contribution in [2.24, 2.45) is 0 Å². The molecule has 3 aromatic rings. The van der Waals surface area contributed by atoms with Crippen molar-refractivity contribution in [1.29, 1.82) is 0 Å². The normalized spacial score (nSPS) is 12.0. The van der Waals surface area contributed by atoms with E-state index in [2.05, 4.69) is 4.98 Å². The van der Waals surface area contributed by atoms with Gasteiger partial charge in [0.2, 0.25) is 0 Å². The lowest BCUT2D eigenvalue weighted by Gasteiger charge is -2.08. The molecule has 20 heavy (non-hydrogen) atoms. The molecule has 0 radical (unpaired) electrons. The summed E-state index contributed by atoms with van der Waals surface area (Å²) in [6.07, 6.45) is -2.97.